The third-order valence-electron chi connectivity index (χ3n) is 2.14. The molecule has 1 aromatic rings. The first-order chi connectivity index (χ1) is 7.04. The van der Waals surface area contributed by atoms with E-state index in [1.807, 2.05) is 19.1 Å². The van der Waals surface area contributed by atoms with Crippen LogP contribution in [0, 0.1) is 11.3 Å². The van der Waals surface area contributed by atoms with Crippen molar-refractivity contribution in [3.63, 3.8) is 0 Å². The number of aliphatic hydroxyl groups excluding tert-OH is 1. The van der Waals surface area contributed by atoms with Gasteiger partial charge in [-0.2, -0.15) is 5.26 Å². The normalized spacial score (nSPS) is 14.3. The predicted molar refractivity (Wildman–Crippen MR) is 62.6 cm³/mol. The number of nitriles is 1. The minimum Gasteiger partial charge on any atom is -0.398 e. The molecule has 0 saturated carbocycles. The Bertz CT molecular complexity index is 385. The molecule has 0 radical (unpaired) electrons. The monoisotopic (exact) mass is 222 g/mol. The summed E-state index contributed by atoms with van der Waals surface area (Å²) in [6.07, 6.45) is -0.369. The van der Waals surface area contributed by atoms with E-state index < -0.39 is 0 Å². The number of anilines is 1. The van der Waals surface area contributed by atoms with Gasteiger partial charge in [-0.3, -0.25) is 0 Å². The second-order valence-corrected chi connectivity index (χ2v) is 4.88. The number of benzene rings is 1. The van der Waals surface area contributed by atoms with Crippen LogP contribution in [0.2, 0.25) is 0 Å². The highest BCUT2D eigenvalue weighted by molar-refractivity contribution is 8.00. The molecule has 0 aliphatic rings. The largest absolute Gasteiger partial charge is 0.398 e. The van der Waals surface area contributed by atoms with Crippen LogP contribution in [0.1, 0.15) is 19.4 Å². The second kappa shape index (κ2) is 5.06. The first-order valence-corrected chi connectivity index (χ1v) is 5.57. The van der Waals surface area contributed by atoms with Crippen molar-refractivity contribution in [2.45, 2.75) is 30.1 Å². The smallest absolute Gasteiger partial charge is 0.101 e. The van der Waals surface area contributed by atoms with Gasteiger partial charge in [0.25, 0.3) is 0 Å². The van der Waals surface area contributed by atoms with E-state index in [9.17, 15) is 5.11 Å². The van der Waals surface area contributed by atoms with Crippen LogP contribution < -0.4 is 5.73 Å². The molecule has 80 valence electrons. The van der Waals surface area contributed by atoms with Gasteiger partial charge in [-0.1, -0.05) is 6.92 Å². The van der Waals surface area contributed by atoms with Gasteiger partial charge in [-0.25, -0.2) is 0 Å². The van der Waals surface area contributed by atoms with Gasteiger partial charge in [0.2, 0.25) is 0 Å². The third kappa shape index (κ3) is 3.15. The van der Waals surface area contributed by atoms with Crippen molar-refractivity contribution in [1.29, 1.82) is 5.26 Å². The van der Waals surface area contributed by atoms with Crippen LogP contribution in [0.25, 0.3) is 0 Å². The second-order valence-electron chi connectivity index (χ2n) is 3.42. The van der Waals surface area contributed by atoms with Crippen molar-refractivity contribution in [2.24, 2.45) is 0 Å². The molecule has 0 aliphatic heterocycles. The first-order valence-electron chi connectivity index (χ1n) is 4.69. The van der Waals surface area contributed by atoms with E-state index in [2.05, 4.69) is 0 Å². The highest BCUT2D eigenvalue weighted by Crippen LogP contribution is 2.27. The van der Waals surface area contributed by atoms with Gasteiger partial charge in [0, 0.05) is 10.1 Å². The van der Waals surface area contributed by atoms with Crippen LogP contribution >= 0.6 is 11.8 Å². The summed E-state index contributed by atoms with van der Waals surface area (Å²) in [7, 11) is 0. The van der Waals surface area contributed by atoms with E-state index in [1.165, 1.54) is 0 Å². The standard InChI is InChI=1S/C11H14N2OS/c1-7(14)8(2)15-10-4-3-9(6-12)11(13)5-10/h3-5,7-8,14H,13H2,1-2H3. The van der Waals surface area contributed by atoms with Crippen molar-refractivity contribution in [3.05, 3.63) is 23.8 Å². The molecule has 0 spiro atoms. The van der Waals surface area contributed by atoms with Crippen molar-refractivity contribution >= 4 is 17.4 Å². The fourth-order valence-corrected chi connectivity index (χ4v) is 2.00. The minimum atomic E-state index is -0.369. The Morgan fingerprint density at radius 1 is 1.47 bits per heavy atom. The fourth-order valence-electron chi connectivity index (χ4n) is 1.03. The Balaban J connectivity index is 2.81. The van der Waals surface area contributed by atoms with Crippen molar-refractivity contribution < 1.29 is 5.11 Å². The zero-order valence-corrected chi connectivity index (χ0v) is 9.58. The molecule has 3 nitrogen and oxygen atoms in total. The maximum absolute atomic E-state index is 9.35. The number of hydrogen-bond donors (Lipinski definition) is 2. The molecule has 4 heteroatoms. The Morgan fingerprint density at radius 2 is 2.13 bits per heavy atom. The molecule has 0 heterocycles. The van der Waals surface area contributed by atoms with Crippen molar-refractivity contribution in [3.8, 4) is 6.07 Å². The lowest BCUT2D eigenvalue weighted by Crippen LogP contribution is -2.14. The summed E-state index contributed by atoms with van der Waals surface area (Å²) < 4.78 is 0. The van der Waals surface area contributed by atoms with Crippen LogP contribution in [-0.2, 0) is 0 Å². The molecule has 0 fully saturated rings. The topological polar surface area (TPSA) is 70.0 Å². The Kier molecular flexibility index (Phi) is 4.01. The van der Waals surface area contributed by atoms with Gasteiger partial charge >= 0.3 is 0 Å². The Morgan fingerprint density at radius 3 is 2.60 bits per heavy atom. The molecule has 0 amide bonds. The van der Waals surface area contributed by atoms with E-state index in [1.54, 1.807) is 30.8 Å². The van der Waals surface area contributed by atoms with Gasteiger partial charge < -0.3 is 10.8 Å². The van der Waals surface area contributed by atoms with E-state index in [4.69, 9.17) is 11.0 Å². The molecular weight excluding hydrogens is 208 g/mol. The third-order valence-corrected chi connectivity index (χ3v) is 3.44. The number of nitrogen functional groups attached to an aromatic ring is 1. The number of nitrogens with two attached hydrogens (primary N) is 1. The average molecular weight is 222 g/mol. The highest BCUT2D eigenvalue weighted by Gasteiger charge is 2.10. The van der Waals surface area contributed by atoms with Gasteiger partial charge in [0.15, 0.2) is 0 Å². The molecule has 0 saturated heterocycles. The SMILES string of the molecule is CC(O)C(C)Sc1ccc(C#N)c(N)c1. The number of rotatable bonds is 3. The summed E-state index contributed by atoms with van der Waals surface area (Å²) in [5.74, 6) is 0. The molecule has 1 rings (SSSR count). The first kappa shape index (κ1) is 11.9. The van der Waals surface area contributed by atoms with E-state index in [0.717, 1.165) is 4.90 Å². The zero-order chi connectivity index (χ0) is 11.4. The molecule has 0 aromatic heterocycles. The molecule has 15 heavy (non-hydrogen) atoms. The zero-order valence-electron chi connectivity index (χ0n) is 8.77. The number of hydrogen-bond acceptors (Lipinski definition) is 4. The van der Waals surface area contributed by atoms with Crippen LogP contribution in [0.5, 0.6) is 0 Å². The molecule has 2 atom stereocenters. The van der Waals surface area contributed by atoms with Crippen molar-refractivity contribution in [1.82, 2.24) is 0 Å². The van der Waals surface area contributed by atoms with Gasteiger partial charge in [-0.15, -0.1) is 11.8 Å². The van der Waals surface area contributed by atoms with Crippen LogP contribution in [0.15, 0.2) is 23.1 Å². The summed E-state index contributed by atoms with van der Waals surface area (Å²) in [5, 5.41) is 18.2. The lowest BCUT2D eigenvalue weighted by Gasteiger charge is -2.14. The van der Waals surface area contributed by atoms with Crippen molar-refractivity contribution in [2.75, 3.05) is 5.73 Å². The van der Waals surface area contributed by atoms with E-state index in [0.29, 0.717) is 11.3 Å². The maximum atomic E-state index is 9.35. The minimum absolute atomic E-state index is 0.109. The van der Waals surface area contributed by atoms with Gasteiger partial charge in [0.05, 0.1) is 17.4 Å². The summed E-state index contributed by atoms with van der Waals surface area (Å²) in [6.45, 7) is 3.70. The average Bonchev–Trinajstić information content (AvgIpc) is 2.18. The molecule has 0 bridgehead atoms. The van der Waals surface area contributed by atoms with Crippen LogP contribution in [0.3, 0.4) is 0 Å². The fraction of sp³-hybridized carbons (Fsp3) is 0.364. The summed E-state index contributed by atoms with van der Waals surface area (Å²) in [6, 6.07) is 7.33. The Hall–Kier alpha value is -1.18. The van der Waals surface area contributed by atoms with E-state index in [-0.39, 0.29) is 11.4 Å². The predicted octanol–water partition coefficient (Wildman–Crippen LogP) is 2.00. The maximum Gasteiger partial charge on any atom is 0.101 e. The molecule has 0 aliphatic carbocycles. The van der Waals surface area contributed by atoms with Crippen LogP contribution in [0.4, 0.5) is 5.69 Å². The van der Waals surface area contributed by atoms with E-state index >= 15 is 0 Å². The molecule has 1 aromatic carbocycles. The van der Waals surface area contributed by atoms with Crippen LogP contribution in [-0.4, -0.2) is 16.5 Å². The molecule has 2 unspecified atom stereocenters. The summed E-state index contributed by atoms with van der Waals surface area (Å²) in [4.78, 5) is 0.972. The molecular formula is C11H14N2OS. The summed E-state index contributed by atoms with van der Waals surface area (Å²) >= 11 is 1.55. The quantitative estimate of drug-likeness (QED) is 0.606. The summed E-state index contributed by atoms with van der Waals surface area (Å²) in [5.41, 5.74) is 6.66. The molecule has 3 N–H and O–H groups in total. The Labute approximate surface area is 93.9 Å². The lowest BCUT2D eigenvalue weighted by molar-refractivity contribution is 0.196. The van der Waals surface area contributed by atoms with Gasteiger partial charge in [-0.05, 0) is 25.1 Å². The number of thioether (sulfide) groups is 1. The number of nitrogens with zero attached hydrogens (tertiary/aromatic N) is 1. The van der Waals surface area contributed by atoms with Gasteiger partial charge in [0.1, 0.15) is 6.07 Å². The highest BCUT2D eigenvalue weighted by atomic mass is 32.2. The lowest BCUT2D eigenvalue weighted by atomic mass is 10.2. The number of aliphatic hydroxyl groups is 1.